The zero-order chi connectivity index (χ0) is 11.4. The van der Waals surface area contributed by atoms with Gasteiger partial charge in [0.05, 0.1) is 17.4 Å². The first-order valence-electron chi connectivity index (χ1n) is 4.70. The molecule has 16 heavy (non-hydrogen) atoms. The van der Waals surface area contributed by atoms with Gasteiger partial charge in [0.15, 0.2) is 0 Å². The molecule has 1 N–H and O–H groups in total. The van der Waals surface area contributed by atoms with Gasteiger partial charge in [-0.05, 0) is 17.7 Å². The van der Waals surface area contributed by atoms with E-state index in [4.69, 9.17) is 23.2 Å². The summed E-state index contributed by atoms with van der Waals surface area (Å²) < 4.78 is 0. The van der Waals surface area contributed by atoms with Gasteiger partial charge in [-0.3, -0.25) is 0 Å². The largest absolute Gasteiger partial charge is 0.350 e. The maximum atomic E-state index is 5.79. The van der Waals surface area contributed by atoms with E-state index in [2.05, 4.69) is 15.3 Å². The van der Waals surface area contributed by atoms with Gasteiger partial charge >= 0.3 is 0 Å². The summed E-state index contributed by atoms with van der Waals surface area (Å²) in [6, 6.07) is 7.60. The van der Waals surface area contributed by atoms with E-state index in [1.807, 2.05) is 24.3 Å². The first-order chi connectivity index (χ1) is 7.74. The van der Waals surface area contributed by atoms with Crippen LogP contribution in [0.4, 0.5) is 5.95 Å². The van der Waals surface area contributed by atoms with Crippen LogP contribution >= 0.6 is 23.2 Å². The second-order valence-corrected chi connectivity index (χ2v) is 4.08. The molecular formula is C11H9Cl2N3. The maximum absolute atomic E-state index is 5.79. The smallest absolute Gasteiger partial charge is 0.222 e. The number of halogens is 2. The quantitative estimate of drug-likeness (QED) is 0.912. The third kappa shape index (κ3) is 3.08. The highest BCUT2D eigenvalue weighted by Crippen LogP contribution is 2.11. The molecule has 0 atom stereocenters. The fraction of sp³-hybridized carbons (Fsp3) is 0.0909. The maximum Gasteiger partial charge on any atom is 0.222 e. The monoisotopic (exact) mass is 253 g/mol. The van der Waals surface area contributed by atoms with Gasteiger partial charge in [-0.25, -0.2) is 9.97 Å². The molecule has 1 heterocycles. The number of benzene rings is 1. The molecule has 2 rings (SSSR count). The Bertz CT molecular complexity index is 408. The van der Waals surface area contributed by atoms with Gasteiger partial charge in [0.2, 0.25) is 5.95 Å². The highest BCUT2D eigenvalue weighted by atomic mass is 35.5. The van der Waals surface area contributed by atoms with Crippen molar-refractivity contribution in [3.63, 3.8) is 0 Å². The van der Waals surface area contributed by atoms with E-state index in [0.29, 0.717) is 17.5 Å². The second kappa shape index (κ2) is 5.14. The van der Waals surface area contributed by atoms with Crippen molar-refractivity contribution >= 4 is 29.2 Å². The molecule has 1 aromatic heterocycles. The minimum atomic E-state index is 0.525. The molecule has 0 saturated carbocycles. The first-order valence-corrected chi connectivity index (χ1v) is 5.45. The Morgan fingerprint density at radius 2 is 1.56 bits per heavy atom. The molecule has 0 aliphatic heterocycles. The highest BCUT2D eigenvalue weighted by molar-refractivity contribution is 6.30. The summed E-state index contributed by atoms with van der Waals surface area (Å²) in [5.74, 6) is 0.555. The number of rotatable bonds is 3. The van der Waals surface area contributed by atoms with E-state index in [1.165, 1.54) is 0 Å². The molecule has 0 bridgehead atoms. The zero-order valence-electron chi connectivity index (χ0n) is 8.32. The van der Waals surface area contributed by atoms with E-state index in [1.54, 1.807) is 12.4 Å². The average Bonchev–Trinajstić information content (AvgIpc) is 2.30. The Kier molecular flexibility index (Phi) is 3.59. The van der Waals surface area contributed by atoms with Crippen LogP contribution in [0.25, 0.3) is 0 Å². The van der Waals surface area contributed by atoms with Crippen molar-refractivity contribution in [2.75, 3.05) is 5.32 Å². The molecule has 0 fully saturated rings. The number of hydrogen-bond donors (Lipinski definition) is 1. The number of anilines is 1. The normalized spacial score (nSPS) is 10.1. The topological polar surface area (TPSA) is 37.8 Å². The molecule has 3 nitrogen and oxygen atoms in total. The average molecular weight is 254 g/mol. The molecule has 0 aliphatic carbocycles. The molecule has 1 aromatic carbocycles. The lowest BCUT2D eigenvalue weighted by Gasteiger charge is -2.04. The summed E-state index contributed by atoms with van der Waals surface area (Å²) in [7, 11) is 0. The van der Waals surface area contributed by atoms with Crippen molar-refractivity contribution in [2.24, 2.45) is 0 Å². The van der Waals surface area contributed by atoms with Crippen molar-refractivity contribution in [3.05, 3.63) is 52.3 Å². The van der Waals surface area contributed by atoms with Crippen molar-refractivity contribution in [2.45, 2.75) is 6.54 Å². The van der Waals surface area contributed by atoms with Crippen molar-refractivity contribution in [1.29, 1.82) is 0 Å². The molecule has 0 radical (unpaired) electrons. The summed E-state index contributed by atoms with van der Waals surface area (Å²) in [5.41, 5.74) is 1.11. The van der Waals surface area contributed by atoms with Crippen LogP contribution in [-0.4, -0.2) is 9.97 Å². The first kappa shape index (κ1) is 11.2. The molecule has 0 unspecified atom stereocenters. The predicted molar refractivity (Wildman–Crippen MR) is 65.8 cm³/mol. The Morgan fingerprint density at radius 1 is 0.938 bits per heavy atom. The minimum absolute atomic E-state index is 0.525. The SMILES string of the molecule is Clc1ccc(CNc2ncc(Cl)cn2)cc1. The Balaban J connectivity index is 1.97. The number of nitrogens with zero attached hydrogens (tertiary/aromatic N) is 2. The number of nitrogens with one attached hydrogen (secondary N) is 1. The summed E-state index contributed by atoms with van der Waals surface area (Å²) in [5, 5.41) is 4.34. The fourth-order valence-corrected chi connectivity index (χ4v) is 1.41. The van der Waals surface area contributed by atoms with Crippen LogP contribution in [0.5, 0.6) is 0 Å². The van der Waals surface area contributed by atoms with E-state index in [9.17, 15) is 0 Å². The van der Waals surface area contributed by atoms with Gasteiger partial charge in [-0.2, -0.15) is 0 Å². The van der Waals surface area contributed by atoms with Crippen LogP contribution < -0.4 is 5.32 Å². The predicted octanol–water partition coefficient (Wildman–Crippen LogP) is 3.40. The molecule has 82 valence electrons. The van der Waals surface area contributed by atoms with Crippen LogP contribution in [0.3, 0.4) is 0 Å². The summed E-state index contributed by atoms with van der Waals surface area (Å²) in [4.78, 5) is 8.06. The zero-order valence-corrected chi connectivity index (χ0v) is 9.83. The number of hydrogen-bond acceptors (Lipinski definition) is 3. The molecule has 0 aliphatic rings. The fourth-order valence-electron chi connectivity index (χ4n) is 1.19. The van der Waals surface area contributed by atoms with E-state index < -0.39 is 0 Å². The minimum Gasteiger partial charge on any atom is -0.350 e. The van der Waals surface area contributed by atoms with Crippen molar-refractivity contribution in [1.82, 2.24) is 9.97 Å². The van der Waals surface area contributed by atoms with E-state index in [0.717, 1.165) is 10.6 Å². The van der Waals surface area contributed by atoms with Gasteiger partial charge in [-0.15, -0.1) is 0 Å². The van der Waals surface area contributed by atoms with Crippen molar-refractivity contribution < 1.29 is 0 Å². The van der Waals surface area contributed by atoms with E-state index in [-0.39, 0.29) is 0 Å². The van der Waals surface area contributed by atoms with Crippen LogP contribution in [0.15, 0.2) is 36.7 Å². The molecule has 0 saturated heterocycles. The molecular weight excluding hydrogens is 245 g/mol. The van der Waals surface area contributed by atoms with Crippen LogP contribution in [0.2, 0.25) is 10.0 Å². The van der Waals surface area contributed by atoms with Gasteiger partial charge < -0.3 is 5.32 Å². The second-order valence-electron chi connectivity index (χ2n) is 3.20. The molecule has 2 aromatic rings. The van der Waals surface area contributed by atoms with Gasteiger partial charge in [0.1, 0.15) is 0 Å². The van der Waals surface area contributed by atoms with Crippen molar-refractivity contribution in [3.8, 4) is 0 Å². The van der Waals surface area contributed by atoms with Crippen LogP contribution in [0.1, 0.15) is 5.56 Å². The third-order valence-corrected chi connectivity index (χ3v) is 2.43. The number of aromatic nitrogens is 2. The van der Waals surface area contributed by atoms with E-state index >= 15 is 0 Å². The third-order valence-electron chi connectivity index (χ3n) is 1.98. The summed E-state index contributed by atoms with van der Waals surface area (Å²) in [6.45, 7) is 0.652. The lowest BCUT2D eigenvalue weighted by molar-refractivity contribution is 1.05. The Morgan fingerprint density at radius 3 is 2.19 bits per heavy atom. The molecule has 5 heteroatoms. The van der Waals surface area contributed by atoms with Crippen LogP contribution in [-0.2, 0) is 6.54 Å². The highest BCUT2D eigenvalue weighted by Gasteiger charge is 1.96. The van der Waals surface area contributed by atoms with Crippen LogP contribution in [0, 0.1) is 0 Å². The molecule has 0 amide bonds. The summed E-state index contributed by atoms with van der Waals surface area (Å²) in [6.07, 6.45) is 3.11. The van der Waals surface area contributed by atoms with Gasteiger partial charge in [0.25, 0.3) is 0 Å². The lowest BCUT2D eigenvalue weighted by atomic mass is 10.2. The van der Waals surface area contributed by atoms with Gasteiger partial charge in [0, 0.05) is 11.6 Å². The Labute approximate surface area is 103 Å². The standard InChI is InChI=1S/C11H9Cl2N3/c12-9-3-1-8(2-4-9)5-14-11-15-6-10(13)7-16-11/h1-4,6-7H,5H2,(H,14,15,16). The lowest BCUT2D eigenvalue weighted by Crippen LogP contribution is -2.02. The Hall–Kier alpha value is -1.32. The van der Waals surface area contributed by atoms with Gasteiger partial charge in [-0.1, -0.05) is 35.3 Å². The summed E-state index contributed by atoms with van der Waals surface area (Å²) >= 11 is 11.5. The molecule has 0 spiro atoms.